The minimum absolute atomic E-state index is 0.0991. The molecule has 0 spiro atoms. The van der Waals surface area contributed by atoms with Gasteiger partial charge < -0.3 is 0 Å². The zero-order chi connectivity index (χ0) is 30.4. The van der Waals surface area contributed by atoms with Gasteiger partial charge in [0.25, 0.3) is 0 Å². The molecule has 0 saturated carbocycles. The summed E-state index contributed by atoms with van der Waals surface area (Å²) in [6.07, 6.45) is 0. The van der Waals surface area contributed by atoms with E-state index in [1.807, 2.05) is 0 Å². The summed E-state index contributed by atoms with van der Waals surface area (Å²) in [4.78, 5) is 10.6. The molecule has 0 unspecified atom stereocenters. The molecule has 0 atom stereocenters. The third-order valence-electron chi connectivity index (χ3n) is 8.96. The molecule has 216 valence electrons. The number of rotatable bonds is 6. The fourth-order valence-corrected chi connectivity index (χ4v) is 5.44. The minimum atomic E-state index is -0.362. The van der Waals surface area contributed by atoms with Crippen LogP contribution in [0.25, 0.3) is 0 Å². The van der Waals surface area contributed by atoms with Crippen LogP contribution >= 0.6 is 0 Å². The van der Waals surface area contributed by atoms with E-state index in [1.54, 1.807) is 0 Å². The van der Waals surface area contributed by atoms with Crippen LogP contribution in [0.3, 0.4) is 0 Å². The Bertz CT molecular complexity index is 1410. The Morgan fingerprint density at radius 2 is 0.610 bits per heavy atom. The normalized spacial score (nSPS) is 13.4. The summed E-state index contributed by atoms with van der Waals surface area (Å²) in [5, 5.41) is 0. The molecule has 0 N–H and O–H groups in total. The Morgan fingerprint density at radius 3 is 0.927 bits per heavy atom. The Balaban J connectivity index is 1.72. The van der Waals surface area contributed by atoms with E-state index in [2.05, 4.69) is 168 Å². The maximum atomic E-state index is 5.31. The summed E-state index contributed by atoms with van der Waals surface area (Å²) in [7, 11) is 0. The van der Waals surface area contributed by atoms with Gasteiger partial charge in [-0.15, -0.1) is 0 Å². The molecule has 0 fully saturated rings. The lowest BCUT2D eigenvalue weighted by Crippen LogP contribution is -2.28. The van der Waals surface area contributed by atoms with Crippen LogP contribution in [-0.4, -0.2) is 9.97 Å². The van der Waals surface area contributed by atoms with Gasteiger partial charge in [-0.25, -0.2) is 0 Å². The van der Waals surface area contributed by atoms with Gasteiger partial charge in [-0.1, -0.05) is 130 Å². The van der Waals surface area contributed by atoms with Crippen LogP contribution in [0.2, 0.25) is 0 Å². The van der Waals surface area contributed by atoms with E-state index in [-0.39, 0.29) is 27.1 Å². The Labute approximate surface area is 249 Å². The lowest BCUT2D eigenvalue weighted by atomic mass is 9.76. The first kappa shape index (κ1) is 30.7. The molecular weight excluding hydrogens is 496 g/mol. The van der Waals surface area contributed by atoms with Gasteiger partial charge >= 0.3 is 0 Å². The van der Waals surface area contributed by atoms with E-state index in [9.17, 15) is 0 Å². The predicted octanol–water partition coefficient (Wildman–Crippen LogP) is 10.0. The van der Waals surface area contributed by atoms with E-state index in [0.717, 1.165) is 22.8 Å². The molecule has 2 aromatic heterocycles. The summed E-state index contributed by atoms with van der Waals surface area (Å²) >= 11 is 0. The first-order valence-electron chi connectivity index (χ1n) is 15.0. The highest BCUT2D eigenvalue weighted by molar-refractivity contribution is 5.42. The monoisotopic (exact) mass is 546 g/mol. The molecule has 0 aliphatic heterocycles. The van der Waals surface area contributed by atoms with E-state index in [1.165, 1.54) is 22.3 Å². The maximum Gasteiger partial charge on any atom is 0.0523 e. The topological polar surface area (TPSA) is 25.8 Å². The van der Waals surface area contributed by atoms with E-state index < -0.39 is 0 Å². The first-order chi connectivity index (χ1) is 18.8. The SMILES string of the molecule is CC(C)(C)c1cccc(C(C)(C)c2cccc(C(C)(C)c3cccc(C(C)(C)c4cccc(C(C)(C)C)c4)n3)n2)c1. The van der Waals surface area contributed by atoms with Crippen molar-refractivity contribution in [1.29, 1.82) is 0 Å². The Morgan fingerprint density at radius 1 is 0.341 bits per heavy atom. The Kier molecular flexibility index (Phi) is 7.89. The van der Waals surface area contributed by atoms with Crippen molar-refractivity contribution in [2.75, 3.05) is 0 Å². The summed E-state index contributed by atoms with van der Waals surface area (Å²) in [6, 6.07) is 30.9. The first-order valence-corrected chi connectivity index (χ1v) is 15.0. The maximum absolute atomic E-state index is 5.31. The van der Waals surface area contributed by atoms with Gasteiger partial charge in [0.1, 0.15) is 0 Å². The molecule has 4 rings (SSSR count). The van der Waals surface area contributed by atoms with Crippen LogP contribution in [0, 0.1) is 0 Å². The van der Waals surface area contributed by atoms with Crippen molar-refractivity contribution in [2.24, 2.45) is 0 Å². The highest BCUT2D eigenvalue weighted by Gasteiger charge is 2.33. The fourth-order valence-electron chi connectivity index (χ4n) is 5.44. The lowest BCUT2D eigenvalue weighted by molar-refractivity contribution is 0.546. The standard InChI is InChI=1S/C39H50N2/c1-35(2,3)27-17-13-19-29(25-27)37(7,8)31-21-15-23-33(40-31)39(11,12)34-24-16-22-32(41-34)38(9,10)30-20-14-18-28(26-30)36(4,5)6/h13-26H,1-12H3. The quantitative estimate of drug-likeness (QED) is 0.240. The van der Waals surface area contributed by atoms with Gasteiger partial charge in [-0.3, -0.25) is 9.97 Å². The van der Waals surface area contributed by atoms with Crippen molar-refractivity contribution in [3.05, 3.63) is 130 Å². The summed E-state index contributed by atoms with van der Waals surface area (Å²) in [6.45, 7) is 27.2. The number of hydrogen-bond acceptors (Lipinski definition) is 2. The van der Waals surface area contributed by atoms with Crippen molar-refractivity contribution < 1.29 is 0 Å². The average Bonchev–Trinajstić information content (AvgIpc) is 2.92. The molecule has 0 saturated heterocycles. The summed E-state index contributed by atoms with van der Waals surface area (Å²) in [5.74, 6) is 0. The van der Waals surface area contributed by atoms with Crippen LogP contribution < -0.4 is 0 Å². The second-order valence-corrected chi connectivity index (χ2v) is 15.4. The third-order valence-corrected chi connectivity index (χ3v) is 8.96. The average molecular weight is 547 g/mol. The van der Waals surface area contributed by atoms with E-state index in [0.29, 0.717) is 0 Å². The van der Waals surface area contributed by atoms with Crippen LogP contribution in [0.1, 0.15) is 128 Å². The molecule has 0 amide bonds. The van der Waals surface area contributed by atoms with E-state index >= 15 is 0 Å². The molecule has 0 aliphatic carbocycles. The smallest absolute Gasteiger partial charge is 0.0523 e. The minimum Gasteiger partial charge on any atom is -0.256 e. The zero-order valence-electron chi connectivity index (χ0n) is 27.5. The van der Waals surface area contributed by atoms with Crippen LogP contribution in [0.4, 0.5) is 0 Å². The molecule has 2 heterocycles. The Hall–Kier alpha value is -3.26. The van der Waals surface area contributed by atoms with Gasteiger partial charge in [0.05, 0.1) is 22.8 Å². The van der Waals surface area contributed by atoms with Gasteiger partial charge in [0, 0.05) is 16.2 Å². The van der Waals surface area contributed by atoms with Crippen LogP contribution in [-0.2, 0) is 27.1 Å². The largest absolute Gasteiger partial charge is 0.256 e. The van der Waals surface area contributed by atoms with Crippen LogP contribution in [0.15, 0.2) is 84.9 Å². The molecule has 0 aliphatic rings. The highest BCUT2D eigenvalue weighted by atomic mass is 14.8. The zero-order valence-corrected chi connectivity index (χ0v) is 27.5. The summed E-state index contributed by atoms with van der Waals surface area (Å²) in [5.41, 5.74) is 8.84. The molecule has 2 aromatic carbocycles. The lowest BCUT2D eigenvalue weighted by Gasteiger charge is -2.31. The molecule has 41 heavy (non-hydrogen) atoms. The molecule has 2 heteroatoms. The number of nitrogens with zero attached hydrogens (tertiary/aromatic N) is 2. The van der Waals surface area contributed by atoms with E-state index in [4.69, 9.17) is 9.97 Å². The third kappa shape index (κ3) is 6.17. The molecular formula is C39H50N2. The van der Waals surface area contributed by atoms with Crippen molar-refractivity contribution >= 4 is 0 Å². The second-order valence-electron chi connectivity index (χ2n) is 15.4. The van der Waals surface area contributed by atoms with Crippen molar-refractivity contribution in [2.45, 2.75) is 110 Å². The highest BCUT2D eigenvalue weighted by Crippen LogP contribution is 2.38. The van der Waals surface area contributed by atoms with Crippen molar-refractivity contribution in [1.82, 2.24) is 9.97 Å². The number of pyridine rings is 2. The predicted molar refractivity (Wildman–Crippen MR) is 175 cm³/mol. The van der Waals surface area contributed by atoms with Crippen LogP contribution in [0.5, 0.6) is 0 Å². The number of hydrogen-bond donors (Lipinski definition) is 0. The number of aromatic nitrogens is 2. The van der Waals surface area contributed by atoms with Crippen molar-refractivity contribution in [3.8, 4) is 0 Å². The molecule has 2 nitrogen and oxygen atoms in total. The van der Waals surface area contributed by atoms with Gasteiger partial charge in [0.2, 0.25) is 0 Å². The van der Waals surface area contributed by atoms with Gasteiger partial charge in [-0.2, -0.15) is 0 Å². The van der Waals surface area contributed by atoms with Gasteiger partial charge in [0.15, 0.2) is 0 Å². The van der Waals surface area contributed by atoms with Gasteiger partial charge in [-0.05, 0) is 71.2 Å². The fraction of sp³-hybridized carbons (Fsp3) is 0.436. The molecule has 0 bridgehead atoms. The number of benzene rings is 2. The second kappa shape index (κ2) is 10.5. The molecule has 4 aromatic rings. The van der Waals surface area contributed by atoms with Crippen molar-refractivity contribution in [3.63, 3.8) is 0 Å². The molecule has 0 radical (unpaired) electrons. The summed E-state index contributed by atoms with van der Waals surface area (Å²) < 4.78 is 0.